The fraction of sp³-hybridized carbons (Fsp3) is 0.350. The van der Waals surface area contributed by atoms with Gasteiger partial charge in [-0.25, -0.2) is 8.42 Å². The third kappa shape index (κ3) is 4.14. The second-order valence-corrected chi connectivity index (χ2v) is 8.91. The van der Waals surface area contributed by atoms with Gasteiger partial charge in [-0.3, -0.25) is 4.79 Å². The molecule has 0 unspecified atom stereocenters. The van der Waals surface area contributed by atoms with Gasteiger partial charge in [-0.15, -0.1) is 0 Å². The van der Waals surface area contributed by atoms with Crippen molar-refractivity contribution in [3.63, 3.8) is 0 Å². The van der Waals surface area contributed by atoms with Gasteiger partial charge in [0.25, 0.3) is 5.91 Å². The zero-order chi connectivity index (χ0) is 18.6. The van der Waals surface area contributed by atoms with Crippen LogP contribution in [0.2, 0.25) is 0 Å². The van der Waals surface area contributed by atoms with Crippen LogP contribution in [0.3, 0.4) is 0 Å². The summed E-state index contributed by atoms with van der Waals surface area (Å²) in [7, 11) is -3.45. The fourth-order valence-corrected chi connectivity index (χ4v) is 4.83. The lowest BCUT2D eigenvalue weighted by atomic mass is 9.97. The average molecular weight is 372 g/mol. The van der Waals surface area contributed by atoms with E-state index >= 15 is 0 Å². The summed E-state index contributed by atoms with van der Waals surface area (Å²) in [6.07, 6.45) is 3.90. The molecule has 0 aromatic heterocycles. The van der Waals surface area contributed by atoms with Crippen molar-refractivity contribution >= 4 is 15.7 Å². The smallest absolute Gasteiger partial charge is 0.251 e. The third-order valence-electron chi connectivity index (χ3n) is 4.98. The van der Waals surface area contributed by atoms with Crippen LogP contribution in [-0.2, 0) is 15.6 Å². The molecule has 0 bridgehead atoms. The van der Waals surface area contributed by atoms with Crippen molar-refractivity contribution < 1.29 is 13.2 Å². The first-order valence-electron chi connectivity index (χ1n) is 8.83. The second-order valence-electron chi connectivity index (χ2n) is 6.92. The van der Waals surface area contributed by atoms with E-state index in [1.54, 1.807) is 54.6 Å². The van der Waals surface area contributed by atoms with Gasteiger partial charge >= 0.3 is 0 Å². The van der Waals surface area contributed by atoms with Crippen LogP contribution in [0.25, 0.3) is 0 Å². The van der Waals surface area contributed by atoms with E-state index in [-0.39, 0.29) is 22.1 Å². The Kier molecular flexibility index (Phi) is 5.44. The summed E-state index contributed by atoms with van der Waals surface area (Å²) in [5, 5.41) is 3.07. The van der Waals surface area contributed by atoms with E-state index in [9.17, 15) is 13.2 Å². The largest absolute Gasteiger partial charge is 0.345 e. The molecule has 3 N–H and O–H groups in total. The van der Waals surface area contributed by atoms with Gasteiger partial charge in [0.2, 0.25) is 0 Å². The van der Waals surface area contributed by atoms with Crippen LogP contribution in [0.15, 0.2) is 59.5 Å². The maximum atomic E-state index is 12.6. The highest BCUT2D eigenvalue weighted by Crippen LogP contribution is 2.29. The Balaban J connectivity index is 1.77. The lowest BCUT2D eigenvalue weighted by molar-refractivity contribution is 0.0903. The van der Waals surface area contributed by atoms with E-state index in [1.807, 2.05) is 0 Å². The molecule has 1 saturated carbocycles. The van der Waals surface area contributed by atoms with E-state index in [1.165, 1.54) is 0 Å². The predicted octanol–water partition coefficient (Wildman–Crippen LogP) is 2.66. The van der Waals surface area contributed by atoms with Gasteiger partial charge in [0.1, 0.15) is 0 Å². The van der Waals surface area contributed by atoms with Crippen LogP contribution >= 0.6 is 0 Å². The number of carbonyl (C=O) groups excluding carboxylic acids is 1. The van der Waals surface area contributed by atoms with Crippen molar-refractivity contribution in [1.82, 2.24) is 5.32 Å². The highest BCUT2D eigenvalue weighted by molar-refractivity contribution is 7.90. The first kappa shape index (κ1) is 18.6. The average Bonchev–Trinajstić information content (AvgIpc) is 3.11. The maximum Gasteiger partial charge on any atom is 0.251 e. The maximum absolute atomic E-state index is 12.6. The minimum absolute atomic E-state index is 0.139. The lowest BCUT2D eigenvalue weighted by Crippen LogP contribution is -2.51. The molecule has 0 spiro atoms. The van der Waals surface area contributed by atoms with Gasteiger partial charge in [0.15, 0.2) is 9.84 Å². The third-order valence-corrected chi connectivity index (χ3v) is 6.68. The van der Waals surface area contributed by atoms with Crippen LogP contribution in [0.4, 0.5) is 0 Å². The molecule has 138 valence electrons. The Morgan fingerprint density at radius 2 is 1.73 bits per heavy atom. The standard InChI is InChI=1S/C20H24N2O3S/c21-15-20(11-4-5-12-20)22-19(23)17-8-6-7-16(13-17)14-26(24,25)18-9-2-1-3-10-18/h1-3,6-10,13H,4-5,11-12,14-15,21H2,(H,22,23). The molecule has 1 aliphatic carbocycles. The van der Waals surface area contributed by atoms with E-state index in [2.05, 4.69) is 5.32 Å². The molecule has 0 aliphatic heterocycles. The Labute approximate surface area is 154 Å². The molecule has 0 radical (unpaired) electrons. The molecule has 3 rings (SSSR count). The Morgan fingerprint density at radius 3 is 2.38 bits per heavy atom. The predicted molar refractivity (Wildman–Crippen MR) is 101 cm³/mol. The molecule has 26 heavy (non-hydrogen) atoms. The number of carbonyl (C=O) groups is 1. The lowest BCUT2D eigenvalue weighted by Gasteiger charge is -2.28. The number of hydrogen-bond acceptors (Lipinski definition) is 4. The number of hydrogen-bond donors (Lipinski definition) is 2. The van der Waals surface area contributed by atoms with Crippen molar-refractivity contribution in [2.24, 2.45) is 5.73 Å². The van der Waals surface area contributed by atoms with Crippen molar-refractivity contribution in [1.29, 1.82) is 0 Å². The van der Waals surface area contributed by atoms with Crippen LogP contribution in [0.1, 0.15) is 41.6 Å². The number of sulfone groups is 1. The van der Waals surface area contributed by atoms with Crippen LogP contribution in [0.5, 0.6) is 0 Å². The van der Waals surface area contributed by atoms with Crippen molar-refractivity contribution in [3.05, 3.63) is 65.7 Å². The van der Waals surface area contributed by atoms with Gasteiger partial charge in [-0.1, -0.05) is 43.2 Å². The number of benzene rings is 2. The Bertz CT molecular complexity index is 873. The summed E-state index contributed by atoms with van der Waals surface area (Å²) in [5.41, 5.74) is 6.60. The zero-order valence-electron chi connectivity index (χ0n) is 14.6. The normalized spacial score (nSPS) is 16.3. The van der Waals surface area contributed by atoms with Crippen LogP contribution in [-0.4, -0.2) is 26.4 Å². The van der Waals surface area contributed by atoms with Gasteiger partial charge in [0, 0.05) is 12.1 Å². The first-order valence-corrected chi connectivity index (χ1v) is 10.5. The molecule has 6 heteroatoms. The SMILES string of the molecule is NCC1(NC(=O)c2cccc(CS(=O)(=O)c3ccccc3)c2)CCCC1. The van der Waals surface area contributed by atoms with Gasteiger partial charge < -0.3 is 11.1 Å². The molecule has 2 aromatic carbocycles. The number of rotatable bonds is 6. The second kappa shape index (κ2) is 7.60. The monoisotopic (exact) mass is 372 g/mol. The molecule has 1 fully saturated rings. The topological polar surface area (TPSA) is 89.3 Å². The molecule has 0 heterocycles. The van der Waals surface area contributed by atoms with Gasteiger partial charge in [-0.05, 0) is 42.7 Å². The summed E-state index contributed by atoms with van der Waals surface area (Å²) in [6.45, 7) is 0.417. The summed E-state index contributed by atoms with van der Waals surface area (Å²) < 4.78 is 25.1. The zero-order valence-corrected chi connectivity index (χ0v) is 15.5. The van der Waals surface area contributed by atoms with Crippen molar-refractivity contribution in [3.8, 4) is 0 Å². The van der Waals surface area contributed by atoms with Crippen molar-refractivity contribution in [2.45, 2.75) is 41.9 Å². The van der Waals surface area contributed by atoms with Gasteiger partial charge in [0.05, 0.1) is 16.2 Å². The van der Waals surface area contributed by atoms with Crippen molar-refractivity contribution in [2.75, 3.05) is 6.54 Å². The molecule has 5 nitrogen and oxygen atoms in total. The molecule has 1 amide bonds. The first-order chi connectivity index (χ1) is 12.4. The molecule has 0 saturated heterocycles. The minimum Gasteiger partial charge on any atom is -0.345 e. The highest BCUT2D eigenvalue weighted by Gasteiger charge is 2.34. The molecular weight excluding hydrogens is 348 g/mol. The van der Waals surface area contributed by atoms with Crippen LogP contribution in [0, 0.1) is 0 Å². The summed E-state index contributed by atoms with van der Waals surface area (Å²) >= 11 is 0. The number of amides is 1. The number of nitrogens with one attached hydrogen (secondary N) is 1. The quantitative estimate of drug-likeness (QED) is 0.816. The van der Waals surface area contributed by atoms with E-state index in [4.69, 9.17) is 5.73 Å². The minimum atomic E-state index is -3.45. The molecule has 2 aromatic rings. The molecule has 1 aliphatic rings. The van der Waals surface area contributed by atoms with E-state index < -0.39 is 9.84 Å². The highest BCUT2D eigenvalue weighted by atomic mass is 32.2. The number of nitrogens with two attached hydrogens (primary N) is 1. The van der Waals surface area contributed by atoms with E-state index in [0.29, 0.717) is 17.7 Å². The van der Waals surface area contributed by atoms with Gasteiger partial charge in [-0.2, -0.15) is 0 Å². The van der Waals surface area contributed by atoms with E-state index in [0.717, 1.165) is 25.7 Å². The summed E-state index contributed by atoms with van der Waals surface area (Å²) in [4.78, 5) is 12.9. The Morgan fingerprint density at radius 1 is 1.04 bits per heavy atom. The Hall–Kier alpha value is -2.18. The fourth-order valence-electron chi connectivity index (χ4n) is 3.48. The summed E-state index contributed by atoms with van der Waals surface area (Å²) in [5.74, 6) is -0.337. The molecule has 0 atom stereocenters. The molecular formula is C20H24N2O3S. The summed E-state index contributed by atoms with van der Waals surface area (Å²) in [6, 6.07) is 15.1. The van der Waals surface area contributed by atoms with Crippen LogP contribution < -0.4 is 11.1 Å².